The minimum Gasteiger partial charge on any atom is -0.493 e. The molecule has 84 valence electrons. The number of alkyl halides is 1. The smallest absolute Gasteiger partial charge is 0.123 e. The Kier molecular flexibility index (Phi) is 4.43. The second-order valence-corrected chi connectivity index (χ2v) is 4.81. The van der Waals surface area contributed by atoms with Gasteiger partial charge in [-0.25, -0.2) is 0 Å². The Morgan fingerprint density at radius 3 is 2.81 bits per heavy atom. The molecular weight excluding hydrogens is 284 g/mol. The first-order valence-electron chi connectivity index (χ1n) is 5.18. The minimum atomic E-state index is 0.737. The standard InChI is InChI=1S/C13H13BrOS/c14-9-12-3-1-2-4-13(12)15-7-5-11-6-8-16-10-11/h1-4,6,8,10H,5,7,9H2. The normalized spacial score (nSPS) is 10.3. The third-order valence-electron chi connectivity index (χ3n) is 2.34. The fourth-order valence-corrected chi connectivity index (χ4v) is 2.64. The summed E-state index contributed by atoms with van der Waals surface area (Å²) >= 11 is 5.19. The van der Waals surface area contributed by atoms with Crippen molar-refractivity contribution >= 4 is 27.3 Å². The summed E-state index contributed by atoms with van der Waals surface area (Å²) in [6.07, 6.45) is 0.972. The summed E-state index contributed by atoms with van der Waals surface area (Å²) < 4.78 is 5.78. The van der Waals surface area contributed by atoms with Crippen LogP contribution in [0, 0.1) is 0 Å². The number of thiophene rings is 1. The Balaban J connectivity index is 1.89. The van der Waals surface area contributed by atoms with Gasteiger partial charge in [0, 0.05) is 17.3 Å². The van der Waals surface area contributed by atoms with Crippen molar-refractivity contribution in [3.63, 3.8) is 0 Å². The monoisotopic (exact) mass is 296 g/mol. The molecule has 0 fully saturated rings. The minimum absolute atomic E-state index is 0.737. The summed E-state index contributed by atoms with van der Waals surface area (Å²) in [6.45, 7) is 0.737. The van der Waals surface area contributed by atoms with E-state index in [9.17, 15) is 0 Å². The van der Waals surface area contributed by atoms with E-state index < -0.39 is 0 Å². The molecule has 1 aromatic heterocycles. The highest BCUT2D eigenvalue weighted by atomic mass is 79.9. The van der Waals surface area contributed by atoms with Gasteiger partial charge in [0.1, 0.15) is 5.75 Å². The highest BCUT2D eigenvalue weighted by molar-refractivity contribution is 9.08. The maximum Gasteiger partial charge on any atom is 0.123 e. The first kappa shape index (κ1) is 11.7. The van der Waals surface area contributed by atoms with Crippen molar-refractivity contribution in [2.45, 2.75) is 11.8 Å². The Morgan fingerprint density at radius 2 is 2.06 bits per heavy atom. The van der Waals surface area contributed by atoms with Crippen LogP contribution in [0.1, 0.15) is 11.1 Å². The highest BCUT2D eigenvalue weighted by Gasteiger charge is 2.01. The molecular formula is C13H13BrOS. The molecule has 0 N–H and O–H groups in total. The molecule has 16 heavy (non-hydrogen) atoms. The number of para-hydroxylation sites is 1. The van der Waals surface area contributed by atoms with Crippen molar-refractivity contribution in [3.05, 3.63) is 52.2 Å². The topological polar surface area (TPSA) is 9.23 Å². The van der Waals surface area contributed by atoms with Gasteiger partial charge in [-0.05, 0) is 28.5 Å². The predicted molar refractivity (Wildman–Crippen MR) is 72.6 cm³/mol. The Morgan fingerprint density at radius 1 is 1.19 bits per heavy atom. The first-order chi connectivity index (χ1) is 7.90. The van der Waals surface area contributed by atoms with Crippen molar-refractivity contribution in [2.75, 3.05) is 6.61 Å². The molecule has 0 saturated carbocycles. The van der Waals surface area contributed by atoms with Crippen LogP contribution in [0.15, 0.2) is 41.1 Å². The summed E-state index contributed by atoms with van der Waals surface area (Å²) in [5.74, 6) is 0.981. The van der Waals surface area contributed by atoms with Crippen LogP contribution < -0.4 is 4.74 Å². The molecule has 2 aromatic rings. The van der Waals surface area contributed by atoms with Crippen LogP contribution in [0.4, 0.5) is 0 Å². The maximum atomic E-state index is 5.78. The quantitative estimate of drug-likeness (QED) is 0.749. The molecule has 1 heterocycles. The molecule has 0 bridgehead atoms. The van der Waals surface area contributed by atoms with E-state index in [4.69, 9.17) is 4.74 Å². The van der Waals surface area contributed by atoms with Gasteiger partial charge >= 0.3 is 0 Å². The van der Waals surface area contributed by atoms with Gasteiger partial charge in [-0.3, -0.25) is 0 Å². The van der Waals surface area contributed by atoms with Gasteiger partial charge < -0.3 is 4.74 Å². The highest BCUT2D eigenvalue weighted by Crippen LogP contribution is 2.20. The van der Waals surface area contributed by atoms with E-state index in [1.807, 2.05) is 18.2 Å². The lowest BCUT2D eigenvalue weighted by Crippen LogP contribution is -2.02. The number of hydrogen-bond acceptors (Lipinski definition) is 2. The van der Waals surface area contributed by atoms with Crippen LogP contribution in [0.2, 0.25) is 0 Å². The van der Waals surface area contributed by atoms with Gasteiger partial charge in [0.25, 0.3) is 0 Å². The lowest BCUT2D eigenvalue weighted by molar-refractivity contribution is 0.320. The third-order valence-corrected chi connectivity index (χ3v) is 3.68. The molecule has 1 nitrogen and oxygen atoms in total. The molecule has 0 saturated heterocycles. The molecule has 0 unspecified atom stereocenters. The van der Waals surface area contributed by atoms with Crippen molar-refractivity contribution in [3.8, 4) is 5.75 Å². The molecule has 0 aliphatic carbocycles. The number of halogens is 1. The zero-order chi connectivity index (χ0) is 11.2. The predicted octanol–water partition coefficient (Wildman–Crippen LogP) is 4.26. The van der Waals surface area contributed by atoms with Crippen LogP contribution in [0.5, 0.6) is 5.75 Å². The van der Waals surface area contributed by atoms with Crippen molar-refractivity contribution in [1.82, 2.24) is 0 Å². The van der Waals surface area contributed by atoms with Gasteiger partial charge in [-0.1, -0.05) is 34.1 Å². The Hall–Kier alpha value is -0.800. The SMILES string of the molecule is BrCc1ccccc1OCCc1ccsc1. The molecule has 1 aromatic carbocycles. The number of ether oxygens (including phenoxy) is 1. The summed E-state index contributed by atoms with van der Waals surface area (Å²) in [5.41, 5.74) is 2.55. The van der Waals surface area contributed by atoms with Gasteiger partial charge in [0.05, 0.1) is 6.61 Å². The second kappa shape index (κ2) is 6.06. The molecule has 0 spiro atoms. The number of hydrogen-bond donors (Lipinski definition) is 0. The fourth-order valence-electron chi connectivity index (χ4n) is 1.47. The van der Waals surface area contributed by atoms with Crippen LogP contribution in [0.25, 0.3) is 0 Å². The van der Waals surface area contributed by atoms with Crippen LogP contribution in [-0.2, 0) is 11.8 Å². The van der Waals surface area contributed by atoms with Crippen LogP contribution in [-0.4, -0.2) is 6.61 Å². The summed E-state index contributed by atoms with van der Waals surface area (Å²) in [4.78, 5) is 0. The molecule has 0 aliphatic heterocycles. The molecule has 2 rings (SSSR count). The number of rotatable bonds is 5. The second-order valence-electron chi connectivity index (χ2n) is 3.47. The Bertz CT molecular complexity index is 425. The van der Waals surface area contributed by atoms with Crippen molar-refractivity contribution in [1.29, 1.82) is 0 Å². The van der Waals surface area contributed by atoms with E-state index >= 15 is 0 Å². The average Bonchev–Trinajstić information content (AvgIpc) is 2.83. The van der Waals surface area contributed by atoms with Gasteiger partial charge in [0.15, 0.2) is 0 Å². The lowest BCUT2D eigenvalue weighted by atomic mass is 10.2. The summed E-state index contributed by atoms with van der Waals surface area (Å²) in [7, 11) is 0. The van der Waals surface area contributed by atoms with Gasteiger partial charge in [-0.2, -0.15) is 11.3 Å². The van der Waals surface area contributed by atoms with Gasteiger partial charge in [0.2, 0.25) is 0 Å². The van der Waals surface area contributed by atoms with E-state index in [1.165, 1.54) is 11.1 Å². The average molecular weight is 297 g/mol. The molecule has 0 radical (unpaired) electrons. The van der Waals surface area contributed by atoms with Crippen molar-refractivity contribution < 1.29 is 4.74 Å². The largest absolute Gasteiger partial charge is 0.493 e. The first-order valence-corrected chi connectivity index (χ1v) is 7.24. The van der Waals surface area contributed by atoms with Crippen LogP contribution >= 0.6 is 27.3 Å². The fraction of sp³-hybridized carbons (Fsp3) is 0.231. The zero-order valence-electron chi connectivity index (χ0n) is 8.86. The lowest BCUT2D eigenvalue weighted by Gasteiger charge is -2.09. The third kappa shape index (κ3) is 3.09. The number of benzene rings is 1. The van der Waals surface area contributed by atoms with E-state index in [-0.39, 0.29) is 0 Å². The summed E-state index contributed by atoms with van der Waals surface area (Å²) in [5, 5.41) is 5.10. The zero-order valence-corrected chi connectivity index (χ0v) is 11.3. The molecule has 0 atom stereocenters. The van der Waals surface area contributed by atoms with Gasteiger partial charge in [-0.15, -0.1) is 0 Å². The molecule has 0 amide bonds. The van der Waals surface area contributed by atoms with E-state index in [0.29, 0.717) is 0 Å². The summed E-state index contributed by atoms with van der Waals surface area (Å²) in [6, 6.07) is 10.3. The van der Waals surface area contributed by atoms with Crippen molar-refractivity contribution in [2.24, 2.45) is 0 Å². The molecule has 0 aliphatic rings. The molecule has 3 heteroatoms. The Labute approximate surface area is 108 Å². The van der Waals surface area contributed by atoms with E-state index in [2.05, 4.69) is 38.8 Å². The van der Waals surface area contributed by atoms with Crippen LogP contribution in [0.3, 0.4) is 0 Å². The van der Waals surface area contributed by atoms with E-state index in [1.54, 1.807) is 11.3 Å². The maximum absolute atomic E-state index is 5.78. The van der Waals surface area contributed by atoms with E-state index in [0.717, 1.165) is 24.1 Å².